The second kappa shape index (κ2) is 6.63. The van der Waals surface area contributed by atoms with E-state index in [-0.39, 0.29) is 31.5 Å². The second-order valence-corrected chi connectivity index (χ2v) is 6.83. The van der Waals surface area contributed by atoms with Gasteiger partial charge in [0.15, 0.2) is 0 Å². The third-order valence-corrected chi connectivity index (χ3v) is 5.89. The molecule has 0 aliphatic rings. The monoisotopic (exact) mass is 420 g/mol. The lowest BCUT2D eigenvalue weighted by atomic mass is 10.0. The smallest absolute Gasteiger partial charge is 0.132 e. The lowest BCUT2D eigenvalue weighted by Gasteiger charge is -2.14. The number of H-pyrrole nitrogens is 1. The average molecular weight is 423 g/mol. The van der Waals surface area contributed by atoms with Crippen molar-refractivity contribution in [1.29, 1.82) is 5.26 Å². The highest BCUT2D eigenvalue weighted by Gasteiger charge is 2.23. The van der Waals surface area contributed by atoms with Crippen molar-refractivity contribution < 1.29 is 4.39 Å². The predicted molar refractivity (Wildman–Crippen MR) is 98.1 cm³/mol. The minimum atomic E-state index is -0.460. The second-order valence-electron chi connectivity index (χ2n) is 4.94. The molecule has 0 amide bonds. The van der Waals surface area contributed by atoms with Crippen molar-refractivity contribution in [2.45, 2.75) is 6.42 Å². The summed E-state index contributed by atoms with van der Waals surface area (Å²) in [5.41, 5.74) is 1.82. The van der Waals surface area contributed by atoms with Gasteiger partial charge in [-0.1, -0.05) is 58.0 Å². The maximum absolute atomic E-state index is 14.3. The number of aromatic amines is 1. The Morgan fingerprint density at radius 2 is 1.54 bits per heavy atom. The van der Waals surface area contributed by atoms with E-state index in [1.807, 2.05) is 6.07 Å². The summed E-state index contributed by atoms with van der Waals surface area (Å²) < 4.78 is 14.3. The molecule has 0 spiro atoms. The van der Waals surface area contributed by atoms with Crippen molar-refractivity contribution in [3.63, 3.8) is 0 Å². The van der Waals surface area contributed by atoms with Crippen LogP contribution in [-0.4, -0.2) is 4.98 Å². The molecule has 0 bridgehead atoms. The number of fused-ring (bicyclic) bond motifs is 1. The van der Waals surface area contributed by atoms with Crippen molar-refractivity contribution in [1.82, 2.24) is 4.98 Å². The maximum atomic E-state index is 14.3. The van der Waals surface area contributed by atoms with Gasteiger partial charge in [-0.05, 0) is 17.7 Å². The molecule has 2 nitrogen and oxygen atoms in total. The lowest BCUT2D eigenvalue weighted by Crippen LogP contribution is -1.90. The van der Waals surface area contributed by atoms with Gasteiger partial charge in [-0.3, -0.25) is 0 Å². The zero-order chi connectivity index (χ0) is 17.6. The molecule has 2 aromatic carbocycles. The van der Waals surface area contributed by atoms with E-state index in [2.05, 4.69) is 4.98 Å². The molecule has 1 aromatic heterocycles. The Morgan fingerprint density at radius 1 is 0.958 bits per heavy atom. The Labute approximate surface area is 161 Å². The first-order valence-electron chi connectivity index (χ1n) is 6.55. The van der Waals surface area contributed by atoms with Crippen molar-refractivity contribution in [2.75, 3.05) is 0 Å². The first-order valence-corrected chi connectivity index (χ1v) is 8.44. The molecule has 0 saturated heterocycles. The summed E-state index contributed by atoms with van der Waals surface area (Å²) in [6.07, 6.45) is 1.63. The summed E-state index contributed by atoms with van der Waals surface area (Å²) in [5, 5.41) is 9.57. The summed E-state index contributed by atoms with van der Waals surface area (Å²) in [4.78, 5) is 2.96. The number of rotatable bonds is 2. The van der Waals surface area contributed by atoms with E-state index >= 15 is 0 Å². The van der Waals surface area contributed by atoms with Crippen LogP contribution in [0.3, 0.4) is 0 Å². The van der Waals surface area contributed by atoms with E-state index in [0.717, 1.165) is 0 Å². The number of hydrogen-bond acceptors (Lipinski definition) is 1. The fourth-order valence-corrected chi connectivity index (χ4v) is 3.89. The Balaban J connectivity index is 2.41. The van der Waals surface area contributed by atoms with Crippen LogP contribution >= 0.6 is 58.0 Å². The number of nitriles is 1. The number of hydrogen-bond donors (Lipinski definition) is 1. The summed E-state index contributed by atoms with van der Waals surface area (Å²) in [6.45, 7) is 0. The largest absolute Gasteiger partial charge is 0.360 e. The first-order chi connectivity index (χ1) is 11.4. The van der Waals surface area contributed by atoms with Crippen LogP contribution in [0, 0.1) is 17.1 Å². The lowest BCUT2D eigenvalue weighted by molar-refractivity contribution is 0.639. The third kappa shape index (κ3) is 2.63. The van der Waals surface area contributed by atoms with E-state index < -0.39 is 5.82 Å². The van der Waals surface area contributed by atoms with Gasteiger partial charge in [0.25, 0.3) is 0 Å². The first kappa shape index (κ1) is 17.7. The molecule has 1 N–H and O–H groups in total. The molecular weight excluding hydrogens is 416 g/mol. The van der Waals surface area contributed by atoms with Crippen LogP contribution in [0.2, 0.25) is 25.1 Å². The molecule has 122 valence electrons. The van der Waals surface area contributed by atoms with Gasteiger partial charge in [-0.2, -0.15) is 5.26 Å². The van der Waals surface area contributed by atoms with Gasteiger partial charge >= 0.3 is 0 Å². The van der Waals surface area contributed by atoms with Crippen LogP contribution in [-0.2, 0) is 6.42 Å². The molecule has 8 heteroatoms. The van der Waals surface area contributed by atoms with Crippen LogP contribution in [0.15, 0.2) is 18.3 Å². The highest BCUT2D eigenvalue weighted by molar-refractivity contribution is 6.56. The third-order valence-electron chi connectivity index (χ3n) is 3.61. The molecule has 0 fully saturated rings. The van der Waals surface area contributed by atoms with E-state index in [1.165, 1.54) is 12.1 Å². The van der Waals surface area contributed by atoms with Crippen LogP contribution in [0.25, 0.3) is 22.0 Å². The molecule has 3 aromatic rings. The van der Waals surface area contributed by atoms with Gasteiger partial charge in [-0.25, -0.2) is 4.39 Å². The van der Waals surface area contributed by atoms with E-state index in [0.29, 0.717) is 27.6 Å². The standard InChI is InChI=1S/C16H6Cl5FN2/c17-11-10(12(18)14(20)15(21)13(11)19)7-1-2-8(22)9-6(3-4-23)5-24-16(7)9/h1-2,5,24H,3H2. The fourth-order valence-electron chi connectivity index (χ4n) is 2.55. The number of aromatic nitrogens is 1. The Hall–Kier alpha value is -1.15. The van der Waals surface area contributed by atoms with Gasteiger partial charge < -0.3 is 4.98 Å². The molecule has 24 heavy (non-hydrogen) atoms. The molecule has 1 heterocycles. The zero-order valence-electron chi connectivity index (χ0n) is 11.7. The molecule has 0 saturated carbocycles. The quantitative estimate of drug-likeness (QED) is 0.341. The minimum absolute atomic E-state index is 0.0482. The fraction of sp³-hybridized carbons (Fsp3) is 0.0625. The Bertz CT molecular complexity index is 991. The molecule has 0 aliphatic heterocycles. The summed E-state index contributed by atoms with van der Waals surface area (Å²) in [5.74, 6) is -0.460. The van der Waals surface area contributed by atoms with Gasteiger partial charge in [0, 0.05) is 22.7 Å². The van der Waals surface area contributed by atoms with Crippen LogP contribution in [0.5, 0.6) is 0 Å². The van der Waals surface area contributed by atoms with Crippen molar-refractivity contribution in [3.05, 3.63) is 54.8 Å². The van der Waals surface area contributed by atoms with Crippen molar-refractivity contribution in [2.24, 2.45) is 0 Å². The van der Waals surface area contributed by atoms with E-state index in [4.69, 9.17) is 63.3 Å². The molecule has 3 rings (SSSR count). The van der Waals surface area contributed by atoms with Crippen LogP contribution < -0.4 is 0 Å². The maximum Gasteiger partial charge on any atom is 0.132 e. The Kier molecular flexibility index (Phi) is 4.88. The van der Waals surface area contributed by atoms with Gasteiger partial charge in [0.05, 0.1) is 43.1 Å². The van der Waals surface area contributed by atoms with Crippen molar-refractivity contribution >= 4 is 68.9 Å². The number of nitrogens with zero attached hydrogens (tertiary/aromatic N) is 1. The summed E-state index contributed by atoms with van der Waals surface area (Å²) in [7, 11) is 0. The highest BCUT2D eigenvalue weighted by Crippen LogP contribution is 2.49. The Morgan fingerprint density at radius 3 is 2.12 bits per heavy atom. The van der Waals surface area contributed by atoms with E-state index in [9.17, 15) is 4.39 Å². The topological polar surface area (TPSA) is 39.6 Å². The predicted octanol–water partition coefficient (Wildman–Crippen LogP) is 7.31. The normalized spacial score (nSPS) is 11.0. The molecule has 0 unspecified atom stereocenters. The minimum Gasteiger partial charge on any atom is -0.360 e. The summed E-state index contributed by atoms with van der Waals surface area (Å²) in [6, 6.07) is 4.78. The number of nitrogens with one attached hydrogen (secondary N) is 1. The average Bonchev–Trinajstić information content (AvgIpc) is 2.98. The molecular formula is C16H6Cl5FN2. The highest BCUT2D eigenvalue weighted by atomic mass is 35.5. The van der Waals surface area contributed by atoms with Gasteiger partial charge in [0.1, 0.15) is 5.82 Å². The molecule has 0 atom stereocenters. The van der Waals surface area contributed by atoms with E-state index in [1.54, 1.807) is 6.20 Å². The van der Waals surface area contributed by atoms with Gasteiger partial charge in [0.2, 0.25) is 0 Å². The van der Waals surface area contributed by atoms with Gasteiger partial charge in [-0.15, -0.1) is 0 Å². The SMILES string of the molecule is N#CCc1c[nH]c2c(-c3c(Cl)c(Cl)c(Cl)c(Cl)c3Cl)ccc(F)c12. The van der Waals surface area contributed by atoms with Crippen molar-refractivity contribution in [3.8, 4) is 17.2 Å². The molecule has 0 aliphatic carbocycles. The summed E-state index contributed by atoms with van der Waals surface area (Å²) >= 11 is 30.8. The zero-order valence-corrected chi connectivity index (χ0v) is 15.4. The molecule has 0 radical (unpaired) electrons. The van der Waals surface area contributed by atoms with Crippen LogP contribution in [0.4, 0.5) is 4.39 Å². The number of halogens is 6. The van der Waals surface area contributed by atoms with Crippen LogP contribution in [0.1, 0.15) is 5.56 Å². The number of benzene rings is 2.